The van der Waals surface area contributed by atoms with Crippen molar-refractivity contribution in [1.29, 1.82) is 0 Å². The average Bonchev–Trinajstić information content (AvgIpc) is 3.22. The molecule has 0 atom stereocenters. The van der Waals surface area contributed by atoms with Crippen LogP contribution in [-0.2, 0) is 20.7 Å². The second kappa shape index (κ2) is 10.6. The summed E-state index contributed by atoms with van der Waals surface area (Å²) < 4.78 is 6.24. The van der Waals surface area contributed by atoms with Crippen molar-refractivity contribution in [3.05, 3.63) is 82.8 Å². The van der Waals surface area contributed by atoms with Crippen LogP contribution in [0.15, 0.2) is 82.6 Å². The first kappa shape index (κ1) is 22.3. The zero-order chi connectivity index (χ0) is 22.3. The van der Waals surface area contributed by atoms with Gasteiger partial charge in [-0.1, -0.05) is 47.6 Å². The van der Waals surface area contributed by atoms with Crippen molar-refractivity contribution in [2.24, 2.45) is 0 Å². The number of rotatable bonds is 8. The lowest BCUT2D eigenvalue weighted by Crippen LogP contribution is -2.21. The van der Waals surface area contributed by atoms with Crippen LogP contribution in [0.3, 0.4) is 0 Å². The van der Waals surface area contributed by atoms with Crippen molar-refractivity contribution in [1.82, 2.24) is 4.98 Å². The summed E-state index contributed by atoms with van der Waals surface area (Å²) in [5, 5.41) is 4.36. The van der Waals surface area contributed by atoms with E-state index in [1.54, 1.807) is 11.3 Å². The number of amides is 1. The predicted octanol–water partition coefficient (Wildman–Crippen LogP) is 6.22. The molecule has 32 heavy (non-hydrogen) atoms. The molecule has 0 bridgehead atoms. The third-order valence-corrected chi connectivity index (χ3v) is 6.88. The third-order valence-electron chi connectivity index (χ3n) is 4.45. The van der Waals surface area contributed by atoms with Crippen LogP contribution in [0.25, 0.3) is 10.2 Å². The first-order chi connectivity index (χ1) is 15.6. The molecule has 0 aliphatic carbocycles. The minimum Gasteiger partial charge on any atom is -0.456 e. The summed E-state index contributed by atoms with van der Waals surface area (Å²) in [7, 11) is 0. The fraction of sp³-hybridized carbons (Fsp3) is 0.125. The number of thiazole rings is 1. The summed E-state index contributed by atoms with van der Waals surface area (Å²) >= 11 is 9.01. The molecule has 0 saturated carbocycles. The summed E-state index contributed by atoms with van der Waals surface area (Å²) in [6, 6.07) is 22.8. The van der Waals surface area contributed by atoms with Crippen LogP contribution in [0.1, 0.15) is 11.4 Å². The van der Waals surface area contributed by atoms with Gasteiger partial charge in [-0.2, -0.15) is 0 Å². The number of hydrogen-bond acceptors (Lipinski definition) is 6. The van der Waals surface area contributed by atoms with Gasteiger partial charge in [-0.25, -0.2) is 4.98 Å². The molecule has 3 aromatic carbocycles. The summed E-state index contributed by atoms with van der Waals surface area (Å²) in [5.74, 6) is -0.814. The van der Waals surface area contributed by atoms with Crippen molar-refractivity contribution >= 4 is 62.5 Å². The Balaban J connectivity index is 1.27. The number of esters is 1. The van der Waals surface area contributed by atoms with Crippen molar-refractivity contribution in [2.75, 3.05) is 11.9 Å². The highest BCUT2D eigenvalue weighted by atomic mass is 35.5. The second-order valence-corrected chi connectivity index (χ2v) is 9.50. The molecule has 0 radical (unpaired) electrons. The van der Waals surface area contributed by atoms with Crippen LogP contribution in [0.4, 0.5) is 5.69 Å². The van der Waals surface area contributed by atoms with E-state index < -0.39 is 5.97 Å². The second-order valence-electron chi connectivity index (χ2n) is 6.84. The van der Waals surface area contributed by atoms with Gasteiger partial charge in [0.15, 0.2) is 6.61 Å². The lowest BCUT2D eigenvalue weighted by molar-refractivity contribution is -0.147. The van der Waals surface area contributed by atoms with E-state index in [9.17, 15) is 9.59 Å². The van der Waals surface area contributed by atoms with Crippen LogP contribution in [0.2, 0.25) is 5.02 Å². The molecule has 0 spiro atoms. The SMILES string of the molecule is O=C(COC(=O)CCc1nc2ccccc2s1)Nc1ccccc1Sc1ccc(Cl)cc1. The zero-order valence-electron chi connectivity index (χ0n) is 16.9. The lowest BCUT2D eigenvalue weighted by atomic mass is 10.3. The molecule has 1 amide bonds. The molecular formula is C24H19ClN2O3S2. The number of nitrogens with zero attached hydrogens (tertiary/aromatic N) is 1. The number of carbonyl (C=O) groups is 2. The van der Waals surface area contributed by atoms with Gasteiger partial charge in [0.1, 0.15) is 0 Å². The summed E-state index contributed by atoms with van der Waals surface area (Å²) in [4.78, 5) is 30.8. The molecule has 162 valence electrons. The highest BCUT2D eigenvalue weighted by Gasteiger charge is 2.12. The monoisotopic (exact) mass is 482 g/mol. The van der Waals surface area contributed by atoms with E-state index in [1.807, 2.05) is 72.8 Å². The number of ether oxygens (including phenoxy) is 1. The number of anilines is 1. The van der Waals surface area contributed by atoms with E-state index in [1.165, 1.54) is 11.8 Å². The predicted molar refractivity (Wildman–Crippen MR) is 130 cm³/mol. The van der Waals surface area contributed by atoms with Gasteiger partial charge in [0.25, 0.3) is 5.91 Å². The van der Waals surface area contributed by atoms with Crippen LogP contribution in [0.5, 0.6) is 0 Å². The minimum absolute atomic E-state index is 0.177. The molecule has 4 rings (SSSR count). The molecule has 0 unspecified atom stereocenters. The van der Waals surface area contributed by atoms with E-state index in [0.29, 0.717) is 17.1 Å². The van der Waals surface area contributed by atoms with Crippen molar-refractivity contribution in [3.8, 4) is 0 Å². The van der Waals surface area contributed by atoms with Gasteiger partial charge < -0.3 is 10.1 Å². The molecule has 4 aromatic rings. The molecule has 1 aromatic heterocycles. The van der Waals surface area contributed by atoms with E-state index in [0.717, 1.165) is 25.0 Å². The average molecular weight is 483 g/mol. The van der Waals surface area contributed by atoms with Crippen molar-refractivity contribution in [3.63, 3.8) is 0 Å². The fourth-order valence-electron chi connectivity index (χ4n) is 2.93. The number of aromatic nitrogens is 1. The van der Waals surface area contributed by atoms with Crippen LogP contribution < -0.4 is 5.32 Å². The Bertz CT molecular complexity index is 1210. The lowest BCUT2D eigenvalue weighted by Gasteiger charge is -2.11. The number of aryl methyl sites for hydroxylation is 1. The molecule has 0 fully saturated rings. The third kappa shape index (κ3) is 6.09. The Morgan fingerprint density at radius 3 is 2.56 bits per heavy atom. The maximum atomic E-state index is 12.3. The van der Waals surface area contributed by atoms with Crippen LogP contribution >= 0.6 is 34.7 Å². The molecule has 8 heteroatoms. The maximum Gasteiger partial charge on any atom is 0.306 e. The Morgan fingerprint density at radius 2 is 1.75 bits per heavy atom. The molecule has 0 aliphatic heterocycles. The topological polar surface area (TPSA) is 68.3 Å². The summed E-state index contributed by atoms with van der Waals surface area (Å²) in [6.45, 7) is -0.335. The van der Waals surface area contributed by atoms with E-state index in [-0.39, 0.29) is 18.9 Å². The maximum absolute atomic E-state index is 12.3. The van der Waals surface area contributed by atoms with Gasteiger partial charge in [-0.15, -0.1) is 11.3 Å². The Labute approximate surface area is 198 Å². The molecule has 0 saturated heterocycles. The van der Waals surface area contributed by atoms with E-state index in [2.05, 4.69) is 10.3 Å². The van der Waals surface area contributed by atoms with E-state index in [4.69, 9.17) is 16.3 Å². The quantitative estimate of drug-likeness (QED) is 0.302. The Kier molecular flexibility index (Phi) is 7.42. The van der Waals surface area contributed by atoms with Gasteiger partial charge in [0.05, 0.1) is 27.3 Å². The van der Waals surface area contributed by atoms with Crippen molar-refractivity contribution in [2.45, 2.75) is 22.6 Å². The summed E-state index contributed by atoms with van der Waals surface area (Å²) in [5.41, 5.74) is 1.58. The van der Waals surface area contributed by atoms with Gasteiger partial charge in [-0.05, 0) is 48.5 Å². The van der Waals surface area contributed by atoms with Gasteiger partial charge >= 0.3 is 5.97 Å². The first-order valence-electron chi connectivity index (χ1n) is 9.89. The number of benzene rings is 3. The number of carbonyl (C=O) groups excluding carboxylic acids is 2. The molecule has 5 nitrogen and oxygen atoms in total. The number of para-hydroxylation sites is 2. The molecule has 1 heterocycles. The largest absolute Gasteiger partial charge is 0.456 e. The summed E-state index contributed by atoms with van der Waals surface area (Å²) in [6.07, 6.45) is 0.663. The Hall–Kier alpha value is -2.87. The number of fused-ring (bicyclic) bond motifs is 1. The highest BCUT2D eigenvalue weighted by Crippen LogP contribution is 2.33. The normalized spacial score (nSPS) is 10.8. The zero-order valence-corrected chi connectivity index (χ0v) is 19.3. The van der Waals surface area contributed by atoms with Gasteiger partial charge in [0, 0.05) is 21.2 Å². The fourth-order valence-corrected chi connectivity index (χ4v) is 4.92. The Morgan fingerprint density at radius 1 is 1.00 bits per heavy atom. The van der Waals surface area contributed by atoms with Gasteiger partial charge in [-0.3, -0.25) is 9.59 Å². The number of hydrogen-bond donors (Lipinski definition) is 1. The van der Waals surface area contributed by atoms with E-state index >= 15 is 0 Å². The van der Waals surface area contributed by atoms with Crippen LogP contribution in [-0.4, -0.2) is 23.5 Å². The number of nitrogens with one attached hydrogen (secondary N) is 1. The molecular weight excluding hydrogens is 464 g/mol. The minimum atomic E-state index is -0.428. The number of halogens is 1. The van der Waals surface area contributed by atoms with Gasteiger partial charge in [0.2, 0.25) is 0 Å². The highest BCUT2D eigenvalue weighted by molar-refractivity contribution is 7.99. The molecule has 1 N–H and O–H groups in total. The molecule has 0 aliphatic rings. The smallest absolute Gasteiger partial charge is 0.306 e. The van der Waals surface area contributed by atoms with Crippen molar-refractivity contribution < 1.29 is 14.3 Å². The first-order valence-corrected chi connectivity index (χ1v) is 11.9. The van der Waals surface area contributed by atoms with Crippen LogP contribution in [0, 0.1) is 0 Å². The standard InChI is InChI=1S/C24H19ClN2O3S2/c25-16-9-11-17(12-10-16)31-20-7-3-1-5-18(20)26-22(28)15-30-24(29)14-13-23-27-19-6-2-4-8-21(19)32-23/h1-12H,13-15H2,(H,26,28).